The van der Waals surface area contributed by atoms with E-state index in [2.05, 4.69) is 37.2 Å². The summed E-state index contributed by atoms with van der Waals surface area (Å²) in [6, 6.07) is 5.85. The Morgan fingerprint density at radius 2 is 2.00 bits per heavy atom. The highest BCUT2D eigenvalue weighted by atomic mass is 79.9. The van der Waals surface area contributed by atoms with Gasteiger partial charge >= 0.3 is 5.97 Å². The van der Waals surface area contributed by atoms with E-state index in [1.807, 2.05) is 32.0 Å². The number of carbonyl (C=O) groups excluding carboxylic acids is 1. The Bertz CT molecular complexity index is 409. The van der Waals surface area contributed by atoms with Crippen LogP contribution in [0.1, 0.15) is 13.8 Å². The molecule has 1 aromatic rings. The SMILES string of the molecule is COC(=O)C(C)C(C)Nc1cc(Br)ccc1Br. The van der Waals surface area contributed by atoms with Crippen LogP contribution >= 0.6 is 31.9 Å². The zero-order valence-corrected chi connectivity index (χ0v) is 13.1. The van der Waals surface area contributed by atoms with Gasteiger partial charge in [0.15, 0.2) is 0 Å². The number of benzene rings is 1. The van der Waals surface area contributed by atoms with Gasteiger partial charge in [0.2, 0.25) is 0 Å². The van der Waals surface area contributed by atoms with E-state index < -0.39 is 0 Å². The maximum Gasteiger partial charge on any atom is 0.310 e. The van der Waals surface area contributed by atoms with Crippen LogP contribution in [0.15, 0.2) is 27.1 Å². The van der Waals surface area contributed by atoms with Crippen molar-refractivity contribution >= 4 is 43.5 Å². The van der Waals surface area contributed by atoms with Crippen molar-refractivity contribution in [3.8, 4) is 0 Å². The monoisotopic (exact) mass is 363 g/mol. The maximum absolute atomic E-state index is 11.4. The minimum Gasteiger partial charge on any atom is -0.469 e. The van der Waals surface area contributed by atoms with E-state index in [4.69, 9.17) is 4.74 Å². The summed E-state index contributed by atoms with van der Waals surface area (Å²) in [4.78, 5) is 11.4. The lowest BCUT2D eigenvalue weighted by atomic mass is 10.0. The maximum atomic E-state index is 11.4. The topological polar surface area (TPSA) is 38.3 Å². The highest BCUT2D eigenvalue weighted by Crippen LogP contribution is 2.27. The molecule has 0 fully saturated rings. The first-order valence-electron chi connectivity index (χ1n) is 5.25. The number of hydrogen-bond donors (Lipinski definition) is 1. The van der Waals surface area contributed by atoms with Gasteiger partial charge in [0.05, 0.1) is 13.0 Å². The molecule has 1 N–H and O–H groups in total. The number of nitrogens with one attached hydrogen (secondary N) is 1. The quantitative estimate of drug-likeness (QED) is 0.825. The van der Waals surface area contributed by atoms with E-state index in [9.17, 15) is 4.79 Å². The molecule has 0 saturated carbocycles. The number of hydrogen-bond acceptors (Lipinski definition) is 3. The van der Waals surface area contributed by atoms with Gasteiger partial charge in [-0.1, -0.05) is 15.9 Å². The summed E-state index contributed by atoms with van der Waals surface area (Å²) in [5.41, 5.74) is 0.947. The van der Waals surface area contributed by atoms with Crippen LogP contribution in [-0.2, 0) is 9.53 Å². The van der Waals surface area contributed by atoms with Crippen LogP contribution in [0.5, 0.6) is 0 Å². The van der Waals surface area contributed by atoms with Gasteiger partial charge in [0.1, 0.15) is 0 Å². The van der Waals surface area contributed by atoms with Crippen molar-refractivity contribution < 1.29 is 9.53 Å². The first-order chi connectivity index (χ1) is 7.95. The van der Waals surface area contributed by atoms with E-state index in [0.29, 0.717) is 0 Å². The van der Waals surface area contributed by atoms with Gasteiger partial charge in [0.25, 0.3) is 0 Å². The predicted octanol–water partition coefficient (Wildman–Crippen LogP) is 3.82. The van der Waals surface area contributed by atoms with E-state index in [1.54, 1.807) is 0 Å². The molecule has 0 aliphatic rings. The Hall–Kier alpha value is -0.550. The number of halogens is 2. The Morgan fingerprint density at radius 1 is 1.35 bits per heavy atom. The largest absolute Gasteiger partial charge is 0.469 e. The third kappa shape index (κ3) is 4.00. The van der Waals surface area contributed by atoms with Crippen molar-refractivity contribution in [2.45, 2.75) is 19.9 Å². The lowest BCUT2D eigenvalue weighted by molar-refractivity contribution is -0.145. The number of rotatable bonds is 4. The molecule has 0 spiro atoms. The van der Waals surface area contributed by atoms with Crippen LogP contribution in [-0.4, -0.2) is 19.1 Å². The smallest absolute Gasteiger partial charge is 0.310 e. The molecular formula is C12H15Br2NO2. The van der Waals surface area contributed by atoms with Gasteiger partial charge in [-0.3, -0.25) is 4.79 Å². The third-order valence-corrected chi connectivity index (χ3v) is 3.82. The number of esters is 1. The van der Waals surface area contributed by atoms with Crippen molar-refractivity contribution in [3.63, 3.8) is 0 Å². The molecule has 5 heteroatoms. The molecule has 0 radical (unpaired) electrons. The van der Waals surface area contributed by atoms with Crippen molar-refractivity contribution in [2.24, 2.45) is 5.92 Å². The summed E-state index contributed by atoms with van der Waals surface area (Å²) in [5, 5.41) is 3.29. The van der Waals surface area contributed by atoms with Crippen molar-refractivity contribution in [1.82, 2.24) is 0 Å². The second kappa shape index (κ2) is 6.40. The molecule has 3 nitrogen and oxygen atoms in total. The van der Waals surface area contributed by atoms with E-state index >= 15 is 0 Å². The second-order valence-electron chi connectivity index (χ2n) is 3.87. The van der Waals surface area contributed by atoms with Crippen LogP contribution in [0.25, 0.3) is 0 Å². The zero-order valence-electron chi connectivity index (χ0n) is 9.96. The fourth-order valence-electron chi connectivity index (χ4n) is 1.37. The summed E-state index contributed by atoms with van der Waals surface area (Å²) < 4.78 is 6.67. The van der Waals surface area contributed by atoms with Gasteiger partial charge in [-0.05, 0) is 48.0 Å². The molecule has 0 heterocycles. The summed E-state index contributed by atoms with van der Waals surface area (Å²) >= 11 is 6.88. The van der Waals surface area contributed by atoms with Crippen LogP contribution in [0, 0.1) is 5.92 Å². The third-order valence-electron chi connectivity index (χ3n) is 2.63. The van der Waals surface area contributed by atoms with Gasteiger partial charge in [0, 0.05) is 20.7 Å². The molecule has 94 valence electrons. The molecule has 1 rings (SSSR count). The van der Waals surface area contributed by atoms with E-state index in [1.165, 1.54) is 7.11 Å². The molecule has 0 bridgehead atoms. The Morgan fingerprint density at radius 3 is 2.59 bits per heavy atom. The van der Waals surface area contributed by atoms with Gasteiger partial charge in [-0.2, -0.15) is 0 Å². The molecular weight excluding hydrogens is 350 g/mol. The Labute approximate surface area is 118 Å². The highest BCUT2D eigenvalue weighted by Gasteiger charge is 2.21. The van der Waals surface area contributed by atoms with Crippen LogP contribution in [0.4, 0.5) is 5.69 Å². The average Bonchev–Trinajstić information content (AvgIpc) is 2.31. The first kappa shape index (κ1) is 14.5. The normalized spacial score (nSPS) is 13.9. The Kier molecular flexibility index (Phi) is 5.46. The van der Waals surface area contributed by atoms with Gasteiger partial charge in [-0.25, -0.2) is 0 Å². The Balaban J connectivity index is 2.77. The van der Waals surface area contributed by atoms with Crippen molar-refractivity contribution in [2.75, 3.05) is 12.4 Å². The van der Waals surface area contributed by atoms with Crippen LogP contribution in [0.3, 0.4) is 0 Å². The molecule has 0 amide bonds. The second-order valence-corrected chi connectivity index (χ2v) is 5.64. The van der Waals surface area contributed by atoms with Crippen molar-refractivity contribution in [1.29, 1.82) is 0 Å². The zero-order chi connectivity index (χ0) is 13.0. The minimum atomic E-state index is -0.212. The fourth-order valence-corrected chi connectivity index (χ4v) is 2.09. The van der Waals surface area contributed by atoms with Crippen molar-refractivity contribution in [3.05, 3.63) is 27.1 Å². The molecule has 0 aliphatic heterocycles. The standard InChI is InChI=1S/C12H15Br2NO2/c1-7(12(16)17-3)8(2)15-11-6-9(13)4-5-10(11)14/h4-8,15H,1-3H3. The molecule has 0 aromatic heterocycles. The first-order valence-corrected chi connectivity index (χ1v) is 6.83. The summed E-state index contributed by atoms with van der Waals surface area (Å²) in [5.74, 6) is -0.415. The van der Waals surface area contributed by atoms with Crippen LogP contribution in [0.2, 0.25) is 0 Å². The number of anilines is 1. The van der Waals surface area contributed by atoms with Gasteiger partial charge < -0.3 is 10.1 Å². The summed E-state index contributed by atoms with van der Waals surface area (Å²) in [6.07, 6.45) is 0. The van der Waals surface area contributed by atoms with Gasteiger partial charge in [-0.15, -0.1) is 0 Å². The lowest BCUT2D eigenvalue weighted by Gasteiger charge is -2.21. The molecule has 1 aromatic carbocycles. The highest BCUT2D eigenvalue weighted by molar-refractivity contribution is 9.11. The van der Waals surface area contributed by atoms with E-state index in [-0.39, 0.29) is 17.9 Å². The molecule has 2 atom stereocenters. The average molecular weight is 365 g/mol. The minimum absolute atomic E-state index is 0.00644. The number of carbonyl (C=O) groups is 1. The molecule has 2 unspecified atom stereocenters. The lowest BCUT2D eigenvalue weighted by Crippen LogP contribution is -2.30. The number of ether oxygens (including phenoxy) is 1. The molecule has 17 heavy (non-hydrogen) atoms. The number of methoxy groups -OCH3 is 1. The fraction of sp³-hybridized carbons (Fsp3) is 0.417. The molecule has 0 saturated heterocycles. The predicted molar refractivity (Wildman–Crippen MR) is 76.1 cm³/mol. The summed E-state index contributed by atoms with van der Waals surface area (Å²) in [6.45, 7) is 3.80. The van der Waals surface area contributed by atoms with E-state index in [0.717, 1.165) is 14.6 Å². The van der Waals surface area contributed by atoms with Crippen LogP contribution < -0.4 is 5.32 Å². The molecule has 0 aliphatic carbocycles. The summed E-state index contributed by atoms with van der Waals surface area (Å²) in [7, 11) is 1.40.